The highest BCUT2D eigenvalue weighted by Crippen LogP contribution is 2.23. The van der Waals surface area contributed by atoms with Gasteiger partial charge in [-0.2, -0.15) is 0 Å². The Balaban J connectivity index is 2.01. The fraction of sp³-hybridized carbons (Fsp3) is 0.353. The average Bonchev–Trinajstić information content (AvgIpc) is 2.80. The minimum atomic E-state index is -0.124. The van der Waals surface area contributed by atoms with Gasteiger partial charge in [0.1, 0.15) is 0 Å². The van der Waals surface area contributed by atoms with E-state index in [9.17, 15) is 9.59 Å². The van der Waals surface area contributed by atoms with Gasteiger partial charge in [0.2, 0.25) is 5.91 Å². The Morgan fingerprint density at radius 1 is 1.23 bits per heavy atom. The summed E-state index contributed by atoms with van der Waals surface area (Å²) in [4.78, 5) is 28.3. The SMILES string of the molecule is CC(=O)c1sc(NC(=O)Cc2ccc(C(C)C)cc2)nc1C. The second kappa shape index (κ2) is 6.83. The first-order valence-electron chi connectivity index (χ1n) is 7.24. The minimum Gasteiger partial charge on any atom is -0.302 e. The molecule has 0 saturated carbocycles. The number of nitrogens with zero attached hydrogens (tertiary/aromatic N) is 1. The second-order valence-corrected chi connectivity index (χ2v) is 6.61. The number of thiazole rings is 1. The van der Waals surface area contributed by atoms with E-state index in [4.69, 9.17) is 0 Å². The van der Waals surface area contributed by atoms with Crippen molar-refractivity contribution in [2.45, 2.75) is 40.0 Å². The van der Waals surface area contributed by atoms with Crippen molar-refractivity contribution in [1.82, 2.24) is 4.98 Å². The third-order valence-electron chi connectivity index (χ3n) is 3.37. The third-order valence-corrected chi connectivity index (χ3v) is 4.55. The summed E-state index contributed by atoms with van der Waals surface area (Å²) in [6, 6.07) is 8.05. The quantitative estimate of drug-likeness (QED) is 0.849. The molecule has 0 unspecified atom stereocenters. The number of ketones is 1. The molecule has 0 atom stereocenters. The number of Topliss-reactive ketones (excluding diaryl/α,β-unsaturated/α-hetero) is 1. The Labute approximate surface area is 134 Å². The van der Waals surface area contributed by atoms with Crippen LogP contribution in [0.3, 0.4) is 0 Å². The standard InChI is InChI=1S/C17H20N2O2S/c1-10(2)14-7-5-13(6-8-14)9-15(21)19-17-18-11(3)16(22-17)12(4)20/h5-8,10H,9H2,1-4H3,(H,18,19,21). The maximum Gasteiger partial charge on any atom is 0.230 e. The zero-order chi connectivity index (χ0) is 16.3. The molecule has 1 aromatic carbocycles. The summed E-state index contributed by atoms with van der Waals surface area (Å²) >= 11 is 1.22. The van der Waals surface area contributed by atoms with Crippen molar-refractivity contribution in [1.29, 1.82) is 0 Å². The Morgan fingerprint density at radius 2 is 1.86 bits per heavy atom. The summed E-state index contributed by atoms with van der Waals surface area (Å²) < 4.78 is 0. The highest BCUT2D eigenvalue weighted by molar-refractivity contribution is 7.17. The Bertz CT molecular complexity index is 687. The van der Waals surface area contributed by atoms with Crippen LogP contribution in [0.1, 0.15) is 53.2 Å². The van der Waals surface area contributed by atoms with Crippen LogP contribution in [0.5, 0.6) is 0 Å². The van der Waals surface area contributed by atoms with Crippen molar-refractivity contribution in [3.05, 3.63) is 46.0 Å². The highest BCUT2D eigenvalue weighted by Gasteiger charge is 2.13. The molecule has 0 saturated heterocycles. The van der Waals surface area contributed by atoms with Crippen LogP contribution in [-0.2, 0) is 11.2 Å². The van der Waals surface area contributed by atoms with Gasteiger partial charge in [0, 0.05) is 6.92 Å². The number of hydrogen-bond acceptors (Lipinski definition) is 4. The molecule has 22 heavy (non-hydrogen) atoms. The largest absolute Gasteiger partial charge is 0.302 e. The molecule has 1 amide bonds. The molecule has 1 heterocycles. The summed E-state index contributed by atoms with van der Waals surface area (Å²) in [7, 11) is 0. The molecule has 2 rings (SSSR count). The van der Waals surface area contributed by atoms with Crippen molar-refractivity contribution in [3.8, 4) is 0 Å². The zero-order valence-corrected chi connectivity index (χ0v) is 14.1. The van der Waals surface area contributed by atoms with Crippen LogP contribution >= 0.6 is 11.3 Å². The summed E-state index contributed by atoms with van der Waals surface area (Å²) in [5.41, 5.74) is 2.88. The van der Waals surface area contributed by atoms with Crippen molar-refractivity contribution in [2.75, 3.05) is 5.32 Å². The van der Waals surface area contributed by atoms with Gasteiger partial charge in [0.15, 0.2) is 10.9 Å². The number of aromatic nitrogens is 1. The number of aryl methyl sites for hydroxylation is 1. The van der Waals surface area contributed by atoms with Crippen molar-refractivity contribution >= 4 is 28.2 Å². The van der Waals surface area contributed by atoms with Gasteiger partial charge >= 0.3 is 0 Å². The predicted octanol–water partition coefficient (Wildman–Crippen LogP) is 3.96. The lowest BCUT2D eigenvalue weighted by Crippen LogP contribution is -2.14. The highest BCUT2D eigenvalue weighted by atomic mass is 32.1. The zero-order valence-electron chi connectivity index (χ0n) is 13.3. The van der Waals surface area contributed by atoms with Crippen LogP contribution in [0.25, 0.3) is 0 Å². The van der Waals surface area contributed by atoms with Crippen LogP contribution in [0, 0.1) is 6.92 Å². The van der Waals surface area contributed by atoms with Crippen LogP contribution in [-0.4, -0.2) is 16.7 Å². The van der Waals surface area contributed by atoms with Crippen LogP contribution in [0.15, 0.2) is 24.3 Å². The normalized spacial score (nSPS) is 10.8. The number of nitrogens with one attached hydrogen (secondary N) is 1. The fourth-order valence-corrected chi connectivity index (χ4v) is 3.02. The number of benzene rings is 1. The molecule has 5 heteroatoms. The topological polar surface area (TPSA) is 59.1 Å². The first-order chi connectivity index (χ1) is 10.4. The number of amides is 1. The molecule has 0 spiro atoms. The molecule has 0 fully saturated rings. The van der Waals surface area contributed by atoms with Gasteiger partial charge < -0.3 is 5.32 Å². The monoisotopic (exact) mass is 316 g/mol. The Kier molecular flexibility index (Phi) is 5.08. The van der Waals surface area contributed by atoms with E-state index in [1.54, 1.807) is 6.92 Å². The number of carbonyl (C=O) groups excluding carboxylic acids is 2. The first kappa shape index (κ1) is 16.4. The lowest BCUT2D eigenvalue weighted by atomic mass is 10.0. The Hall–Kier alpha value is -2.01. The van der Waals surface area contributed by atoms with Crippen molar-refractivity contribution in [3.63, 3.8) is 0 Å². The molecule has 0 aliphatic carbocycles. The number of carbonyl (C=O) groups is 2. The third kappa shape index (κ3) is 4.01. The van der Waals surface area contributed by atoms with E-state index in [0.29, 0.717) is 28.0 Å². The maximum absolute atomic E-state index is 12.1. The van der Waals surface area contributed by atoms with E-state index < -0.39 is 0 Å². The second-order valence-electron chi connectivity index (χ2n) is 5.61. The van der Waals surface area contributed by atoms with E-state index >= 15 is 0 Å². The van der Waals surface area contributed by atoms with Gasteiger partial charge in [-0.3, -0.25) is 9.59 Å². The Morgan fingerprint density at radius 3 is 2.36 bits per heavy atom. The van der Waals surface area contributed by atoms with Gasteiger partial charge in [0.05, 0.1) is 17.0 Å². The molecule has 0 aliphatic heterocycles. The van der Waals surface area contributed by atoms with Gasteiger partial charge in [-0.25, -0.2) is 4.98 Å². The van der Waals surface area contributed by atoms with Crippen LogP contribution < -0.4 is 5.32 Å². The number of hydrogen-bond donors (Lipinski definition) is 1. The molecule has 0 bridgehead atoms. The summed E-state index contributed by atoms with van der Waals surface area (Å²) in [6.45, 7) is 7.55. The van der Waals surface area contributed by atoms with Crippen molar-refractivity contribution in [2.24, 2.45) is 0 Å². The van der Waals surface area contributed by atoms with E-state index in [1.807, 2.05) is 12.1 Å². The predicted molar refractivity (Wildman–Crippen MR) is 89.7 cm³/mol. The molecular weight excluding hydrogens is 296 g/mol. The van der Waals surface area contributed by atoms with Gasteiger partial charge in [-0.05, 0) is 24.0 Å². The van der Waals surface area contributed by atoms with Gasteiger partial charge in [-0.15, -0.1) is 0 Å². The molecule has 0 aliphatic rings. The molecule has 1 N–H and O–H groups in total. The molecule has 0 radical (unpaired) electrons. The van der Waals surface area contributed by atoms with E-state index in [0.717, 1.165) is 5.56 Å². The number of rotatable bonds is 5. The fourth-order valence-electron chi connectivity index (χ4n) is 2.15. The number of anilines is 1. The minimum absolute atomic E-state index is 0.0280. The maximum atomic E-state index is 12.1. The average molecular weight is 316 g/mol. The molecular formula is C17H20N2O2S. The van der Waals surface area contributed by atoms with Gasteiger partial charge in [-0.1, -0.05) is 49.4 Å². The lowest BCUT2D eigenvalue weighted by Gasteiger charge is -2.06. The smallest absolute Gasteiger partial charge is 0.230 e. The molecule has 116 valence electrons. The van der Waals surface area contributed by atoms with Crippen molar-refractivity contribution < 1.29 is 9.59 Å². The van der Waals surface area contributed by atoms with E-state index in [-0.39, 0.29) is 11.7 Å². The van der Waals surface area contributed by atoms with Crippen LogP contribution in [0.4, 0.5) is 5.13 Å². The summed E-state index contributed by atoms with van der Waals surface area (Å²) in [5.74, 6) is 0.326. The van der Waals surface area contributed by atoms with Crippen LogP contribution in [0.2, 0.25) is 0 Å². The molecule has 2 aromatic rings. The summed E-state index contributed by atoms with van der Waals surface area (Å²) in [6.07, 6.45) is 0.298. The molecule has 1 aromatic heterocycles. The van der Waals surface area contributed by atoms with Gasteiger partial charge in [0.25, 0.3) is 0 Å². The lowest BCUT2D eigenvalue weighted by molar-refractivity contribution is -0.115. The van der Waals surface area contributed by atoms with E-state index in [1.165, 1.54) is 23.8 Å². The summed E-state index contributed by atoms with van der Waals surface area (Å²) in [5, 5.41) is 3.24. The first-order valence-corrected chi connectivity index (χ1v) is 8.05. The molecule has 4 nitrogen and oxygen atoms in total. The van der Waals surface area contributed by atoms with E-state index in [2.05, 4.69) is 36.3 Å².